The van der Waals surface area contributed by atoms with E-state index in [-0.39, 0.29) is 11.7 Å². The Morgan fingerprint density at radius 1 is 1.04 bits per heavy atom. The molecule has 0 spiro atoms. The molecule has 0 aliphatic heterocycles. The van der Waals surface area contributed by atoms with E-state index in [4.69, 9.17) is 10.5 Å². The molecule has 1 amide bonds. The SMILES string of the molecule is Nc1ncccc1C(=O)NCc1ccc(Oc2ccc(Br)cc2)cc1. The van der Waals surface area contributed by atoms with Gasteiger partial charge in [-0.25, -0.2) is 4.98 Å². The summed E-state index contributed by atoms with van der Waals surface area (Å²) in [6, 6.07) is 18.5. The van der Waals surface area contributed by atoms with Crippen molar-refractivity contribution in [1.82, 2.24) is 10.3 Å². The van der Waals surface area contributed by atoms with E-state index < -0.39 is 0 Å². The maximum atomic E-state index is 12.1. The zero-order valence-corrected chi connectivity index (χ0v) is 14.9. The number of ether oxygens (including phenoxy) is 1. The number of nitrogens with zero attached hydrogens (tertiary/aromatic N) is 1. The Morgan fingerprint density at radius 3 is 2.32 bits per heavy atom. The summed E-state index contributed by atoms with van der Waals surface area (Å²) in [5.74, 6) is 1.46. The lowest BCUT2D eigenvalue weighted by atomic mass is 10.2. The van der Waals surface area contributed by atoms with Gasteiger partial charge < -0.3 is 15.8 Å². The van der Waals surface area contributed by atoms with Crippen molar-refractivity contribution in [2.75, 3.05) is 5.73 Å². The fourth-order valence-electron chi connectivity index (χ4n) is 2.20. The average molecular weight is 398 g/mol. The summed E-state index contributed by atoms with van der Waals surface area (Å²) in [5.41, 5.74) is 7.03. The molecule has 0 atom stereocenters. The van der Waals surface area contributed by atoms with Gasteiger partial charge in [0.05, 0.1) is 5.56 Å². The van der Waals surface area contributed by atoms with Gasteiger partial charge in [0.15, 0.2) is 0 Å². The molecule has 0 radical (unpaired) electrons. The van der Waals surface area contributed by atoms with Gasteiger partial charge in [-0.05, 0) is 54.1 Å². The summed E-state index contributed by atoms with van der Waals surface area (Å²) in [4.78, 5) is 16.0. The van der Waals surface area contributed by atoms with Gasteiger partial charge >= 0.3 is 0 Å². The number of aromatic nitrogens is 1. The molecule has 3 aromatic rings. The number of pyridine rings is 1. The molecule has 0 fully saturated rings. The Hall–Kier alpha value is -2.86. The highest BCUT2D eigenvalue weighted by atomic mass is 79.9. The standard InChI is InChI=1S/C19H16BrN3O2/c20-14-5-9-16(10-6-14)25-15-7-3-13(4-8-15)12-23-19(24)17-2-1-11-22-18(17)21/h1-11H,12H2,(H2,21,22)(H,23,24). The lowest BCUT2D eigenvalue weighted by Crippen LogP contribution is -2.24. The maximum absolute atomic E-state index is 12.1. The minimum atomic E-state index is -0.249. The van der Waals surface area contributed by atoms with Crippen molar-refractivity contribution in [3.05, 3.63) is 82.5 Å². The molecule has 25 heavy (non-hydrogen) atoms. The van der Waals surface area contributed by atoms with Crippen molar-refractivity contribution in [1.29, 1.82) is 0 Å². The van der Waals surface area contributed by atoms with Crippen LogP contribution in [-0.4, -0.2) is 10.9 Å². The minimum Gasteiger partial charge on any atom is -0.457 e. The molecule has 1 heterocycles. The van der Waals surface area contributed by atoms with E-state index in [1.54, 1.807) is 18.3 Å². The predicted octanol–water partition coefficient (Wildman–Crippen LogP) is 4.15. The Labute approximate surface area is 154 Å². The van der Waals surface area contributed by atoms with E-state index in [0.717, 1.165) is 21.5 Å². The molecule has 0 aliphatic rings. The fourth-order valence-corrected chi connectivity index (χ4v) is 2.47. The Balaban J connectivity index is 1.58. The third-order valence-electron chi connectivity index (χ3n) is 3.51. The van der Waals surface area contributed by atoms with Crippen LogP contribution in [-0.2, 0) is 6.54 Å². The van der Waals surface area contributed by atoms with Gasteiger partial charge in [0.25, 0.3) is 5.91 Å². The second-order valence-corrected chi connectivity index (χ2v) is 6.23. The second kappa shape index (κ2) is 7.81. The number of nitrogens with two attached hydrogens (primary N) is 1. The van der Waals surface area contributed by atoms with Gasteiger partial charge in [-0.3, -0.25) is 4.79 Å². The third-order valence-corrected chi connectivity index (χ3v) is 4.04. The third kappa shape index (κ3) is 4.58. The first-order chi connectivity index (χ1) is 12.1. The molecule has 1 aromatic heterocycles. The number of carbonyl (C=O) groups excluding carboxylic acids is 1. The summed E-state index contributed by atoms with van der Waals surface area (Å²) in [7, 11) is 0. The van der Waals surface area contributed by atoms with E-state index in [9.17, 15) is 4.79 Å². The average Bonchev–Trinajstić information content (AvgIpc) is 2.63. The van der Waals surface area contributed by atoms with Crippen LogP contribution in [0.4, 0.5) is 5.82 Å². The zero-order valence-electron chi connectivity index (χ0n) is 13.3. The minimum absolute atomic E-state index is 0.221. The highest BCUT2D eigenvalue weighted by Crippen LogP contribution is 2.23. The number of anilines is 1. The molecule has 3 N–H and O–H groups in total. The Morgan fingerprint density at radius 2 is 1.68 bits per heavy atom. The van der Waals surface area contributed by atoms with Gasteiger partial charge in [0.1, 0.15) is 17.3 Å². The molecule has 5 nitrogen and oxygen atoms in total. The molecule has 2 aromatic carbocycles. The Kier molecular flexibility index (Phi) is 5.30. The van der Waals surface area contributed by atoms with E-state index in [1.165, 1.54) is 0 Å². The molecular formula is C19H16BrN3O2. The van der Waals surface area contributed by atoms with Crippen molar-refractivity contribution in [2.45, 2.75) is 6.54 Å². The molecule has 0 unspecified atom stereocenters. The molecule has 0 bridgehead atoms. The van der Waals surface area contributed by atoms with Crippen LogP contribution in [0.25, 0.3) is 0 Å². The lowest BCUT2D eigenvalue weighted by Gasteiger charge is -2.09. The zero-order chi connectivity index (χ0) is 17.6. The molecule has 6 heteroatoms. The number of halogens is 1. The first-order valence-corrected chi connectivity index (χ1v) is 8.42. The van der Waals surface area contributed by atoms with Crippen molar-refractivity contribution in [2.24, 2.45) is 0 Å². The summed E-state index contributed by atoms with van der Waals surface area (Å²) in [5, 5.41) is 2.83. The first kappa shape index (κ1) is 17.0. The maximum Gasteiger partial charge on any atom is 0.255 e. The van der Waals surface area contributed by atoms with Gasteiger partial charge in [0.2, 0.25) is 0 Å². The van der Waals surface area contributed by atoms with Crippen LogP contribution in [0.1, 0.15) is 15.9 Å². The molecule has 0 saturated heterocycles. The number of nitrogens with one attached hydrogen (secondary N) is 1. The largest absolute Gasteiger partial charge is 0.457 e. The summed E-state index contributed by atoms with van der Waals surface area (Å²) >= 11 is 3.39. The van der Waals surface area contributed by atoms with Gasteiger partial charge in [-0.2, -0.15) is 0 Å². The summed E-state index contributed by atoms with van der Waals surface area (Å²) < 4.78 is 6.77. The normalized spacial score (nSPS) is 10.3. The number of benzene rings is 2. The number of carbonyl (C=O) groups is 1. The quantitative estimate of drug-likeness (QED) is 0.677. The van der Waals surface area contributed by atoms with Crippen LogP contribution in [0.3, 0.4) is 0 Å². The molecule has 3 rings (SSSR count). The van der Waals surface area contributed by atoms with Crippen molar-refractivity contribution in [3.8, 4) is 11.5 Å². The van der Waals surface area contributed by atoms with Crippen LogP contribution >= 0.6 is 15.9 Å². The highest BCUT2D eigenvalue weighted by molar-refractivity contribution is 9.10. The van der Waals surface area contributed by atoms with Gasteiger partial charge in [-0.1, -0.05) is 28.1 Å². The monoisotopic (exact) mass is 397 g/mol. The van der Waals surface area contributed by atoms with Gasteiger partial charge in [-0.15, -0.1) is 0 Å². The number of hydrogen-bond acceptors (Lipinski definition) is 4. The van der Waals surface area contributed by atoms with Crippen LogP contribution in [0.2, 0.25) is 0 Å². The second-order valence-electron chi connectivity index (χ2n) is 5.32. The number of rotatable bonds is 5. The fraction of sp³-hybridized carbons (Fsp3) is 0.0526. The summed E-state index contributed by atoms with van der Waals surface area (Å²) in [6.45, 7) is 0.395. The number of amides is 1. The van der Waals surface area contributed by atoms with Crippen molar-refractivity contribution in [3.63, 3.8) is 0 Å². The lowest BCUT2D eigenvalue weighted by molar-refractivity contribution is 0.0951. The molecule has 0 saturated carbocycles. The van der Waals surface area contributed by atoms with Crippen LogP contribution in [0.15, 0.2) is 71.3 Å². The van der Waals surface area contributed by atoms with Crippen LogP contribution in [0.5, 0.6) is 11.5 Å². The van der Waals surface area contributed by atoms with Gasteiger partial charge in [0, 0.05) is 17.2 Å². The number of nitrogen functional groups attached to an aromatic ring is 1. The smallest absolute Gasteiger partial charge is 0.255 e. The number of hydrogen-bond donors (Lipinski definition) is 2. The first-order valence-electron chi connectivity index (χ1n) is 7.63. The van der Waals surface area contributed by atoms with E-state index in [0.29, 0.717) is 12.1 Å². The van der Waals surface area contributed by atoms with Crippen molar-refractivity contribution >= 4 is 27.7 Å². The topological polar surface area (TPSA) is 77.2 Å². The Bertz CT molecular complexity index is 865. The predicted molar refractivity (Wildman–Crippen MR) is 100 cm³/mol. The van der Waals surface area contributed by atoms with Crippen LogP contribution < -0.4 is 15.8 Å². The summed E-state index contributed by atoms with van der Waals surface area (Å²) in [6.07, 6.45) is 1.55. The van der Waals surface area contributed by atoms with E-state index >= 15 is 0 Å². The van der Waals surface area contributed by atoms with E-state index in [1.807, 2.05) is 48.5 Å². The van der Waals surface area contributed by atoms with E-state index in [2.05, 4.69) is 26.2 Å². The van der Waals surface area contributed by atoms with Crippen LogP contribution in [0, 0.1) is 0 Å². The molecule has 0 aliphatic carbocycles. The molecule has 126 valence electrons. The molecular weight excluding hydrogens is 382 g/mol. The van der Waals surface area contributed by atoms with Crippen molar-refractivity contribution < 1.29 is 9.53 Å². The highest BCUT2D eigenvalue weighted by Gasteiger charge is 2.09.